The summed E-state index contributed by atoms with van der Waals surface area (Å²) in [7, 11) is 1.79. The maximum Gasteiger partial charge on any atom is 0.254 e. The van der Waals surface area contributed by atoms with E-state index in [4.69, 9.17) is 0 Å². The predicted molar refractivity (Wildman–Crippen MR) is 98.8 cm³/mol. The van der Waals surface area contributed by atoms with Gasteiger partial charge in [-0.25, -0.2) is 4.98 Å². The number of aromatic nitrogens is 1. The standard InChI is InChI=1S/C20H25N3O2/c1-15-5-3-4-12-23(15)19-13-17(10-11-21-19)20(25)22(2)14-16-6-8-18(24)9-7-16/h6-11,13,15,24H,3-5,12,14H2,1-2H3. The first-order valence-corrected chi connectivity index (χ1v) is 8.80. The van der Waals surface area contributed by atoms with Crippen LogP contribution >= 0.6 is 0 Å². The van der Waals surface area contributed by atoms with E-state index in [0.717, 1.165) is 17.9 Å². The molecule has 1 N–H and O–H groups in total. The average Bonchev–Trinajstić information content (AvgIpc) is 2.63. The molecule has 0 radical (unpaired) electrons. The number of amides is 1. The van der Waals surface area contributed by atoms with Gasteiger partial charge in [-0.1, -0.05) is 12.1 Å². The summed E-state index contributed by atoms with van der Waals surface area (Å²) in [5.41, 5.74) is 1.64. The molecule has 5 heteroatoms. The number of phenols is 1. The zero-order valence-corrected chi connectivity index (χ0v) is 14.9. The summed E-state index contributed by atoms with van der Waals surface area (Å²) in [5, 5.41) is 9.36. The number of carbonyl (C=O) groups is 1. The van der Waals surface area contributed by atoms with Gasteiger partial charge < -0.3 is 14.9 Å². The second-order valence-corrected chi connectivity index (χ2v) is 6.77. The molecule has 1 saturated heterocycles. The Labute approximate surface area is 148 Å². The highest BCUT2D eigenvalue weighted by molar-refractivity contribution is 5.94. The molecule has 1 aliphatic heterocycles. The smallest absolute Gasteiger partial charge is 0.254 e. The zero-order valence-electron chi connectivity index (χ0n) is 14.9. The summed E-state index contributed by atoms with van der Waals surface area (Å²) in [5.74, 6) is 1.09. The van der Waals surface area contributed by atoms with E-state index in [1.807, 2.05) is 18.2 Å². The maximum atomic E-state index is 12.8. The van der Waals surface area contributed by atoms with Crippen LogP contribution in [0.5, 0.6) is 5.75 Å². The quantitative estimate of drug-likeness (QED) is 0.927. The number of nitrogens with zero attached hydrogens (tertiary/aromatic N) is 3. The minimum absolute atomic E-state index is 0.0265. The van der Waals surface area contributed by atoms with Crippen LogP contribution in [0.3, 0.4) is 0 Å². The van der Waals surface area contributed by atoms with Gasteiger partial charge >= 0.3 is 0 Å². The molecule has 2 heterocycles. The number of rotatable bonds is 4. The first-order chi connectivity index (χ1) is 12.0. The molecule has 132 valence electrons. The number of anilines is 1. The zero-order chi connectivity index (χ0) is 17.8. The summed E-state index contributed by atoms with van der Waals surface area (Å²) < 4.78 is 0. The van der Waals surface area contributed by atoms with Crippen LogP contribution in [-0.4, -0.2) is 40.5 Å². The van der Waals surface area contributed by atoms with Crippen LogP contribution in [0, 0.1) is 0 Å². The average molecular weight is 339 g/mol. The van der Waals surface area contributed by atoms with Crippen LogP contribution in [0.15, 0.2) is 42.6 Å². The van der Waals surface area contributed by atoms with E-state index in [-0.39, 0.29) is 11.7 Å². The summed E-state index contributed by atoms with van der Waals surface area (Å²) in [6, 6.07) is 11.1. The van der Waals surface area contributed by atoms with Crippen LogP contribution in [0.4, 0.5) is 5.82 Å². The van der Waals surface area contributed by atoms with E-state index in [0.29, 0.717) is 18.2 Å². The Morgan fingerprint density at radius 2 is 2.04 bits per heavy atom. The Morgan fingerprint density at radius 1 is 1.28 bits per heavy atom. The van der Waals surface area contributed by atoms with Crippen molar-refractivity contribution in [2.45, 2.75) is 38.8 Å². The van der Waals surface area contributed by atoms with Crippen LogP contribution in [0.1, 0.15) is 42.1 Å². The minimum atomic E-state index is -0.0265. The molecule has 25 heavy (non-hydrogen) atoms. The van der Waals surface area contributed by atoms with Gasteiger partial charge in [-0.2, -0.15) is 0 Å². The number of benzene rings is 1. The fourth-order valence-corrected chi connectivity index (χ4v) is 3.31. The molecular formula is C20H25N3O2. The Morgan fingerprint density at radius 3 is 2.76 bits per heavy atom. The third-order valence-corrected chi connectivity index (χ3v) is 4.79. The molecule has 3 rings (SSSR count). The molecule has 0 aliphatic carbocycles. The highest BCUT2D eigenvalue weighted by Gasteiger charge is 2.21. The van der Waals surface area contributed by atoms with Crippen LogP contribution in [0.2, 0.25) is 0 Å². The highest BCUT2D eigenvalue weighted by atomic mass is 16.3. The lowest BCUT2D eigenvalue weighted by Crippen LogP contribution is -2.38. The van der Waals surface area contributed by atoms with Gasteiger partial charge in [0.2, 0.25) is 0 Å². The molecule has 5 nitrogen and oxygen atoms in total. The van der Waals surface area contributed by atoms with Crippen molar-refractivity contribution in [2.75, 3.05) is 18.5 Å². The van der Waals surface area contributed by atoms with E-state index < -0.39 is 0 Å². The molecule has 0 saturated carbocycles. The predicted octanol–water partition coefficient (Wildman–Crippen LogP) is 3.44. The van der Waals surface area contributed by atoms with Crippen LogP contribution < -0.4 is 4.90 Å². The molecule has 1 aliphatic rings. The van der Waals surface area contributed by atoms with Crippen molar-refractivity contribution >= 4 is 11.7 Å². The number of pyridine rings is 1. The monoisotopic (exact) mass is 339 g/mol. The lowest BCUT2D eigenvalue weighted by molar-refractivity contribution is 0.0785. The third-order valence-electron chi connectivity index (χ3n) is 4.79. The summed E-state index contributed by atoms with van der Waals surface area (Å²) in [6.45, 7) is 3.71. The number of phenolic OH excluding ortho intramolecular Hbond substituents is 1. The van der Waals surface area contributed by atoms with Gasteiger partial charge in [0.05, 0.1) is 0 Å². The summed E-state index contributed by atoms with van der Waals surface area (Å²) in [6.07, 6.45) is 5.31. The normalized spacial score (nSPS) is 17.4. The van der Waals surface area contributed by atoms with Crippen molar-refractivity contribution in [3.8, 4) is 5.75 Å². The molecule has 1 fully saturated rings. The molecule has 2 aromatic rings. The van der Waals surface area contributed by atoms with Crippen molar-refractivity contribution in [3.05, 3.63) is 53.7 Å². The number of hydrogen-bond acceptors (Lipinski definition) is 4. The minimum Gasteiger partial charge on any atom is -0.508 e. The lowest BCUT2D eigenvalue weighted by Gasteiger charge is -2.34. The molecule has 0 bridgehead atoms. The van der Waals surface area contributed by atoms with Crippen LogP contribution in [0.25, 0.3) is 0 Å². The second kappa shape index (κ2) is 7.55. The largest absolute Gasteiger partial charge is 0.508 e. The molecular weight excluding hydrogens is 314 g/mol. The van der Waals surface area contributed by atoms with Crippen LogP contribution in [-0.2, 0) is 6.54 Å². The van der Waals surface area contributed by atoms with E-state index in [1.54, 1.807) is 36.3 Å². The van der Waals surface area contributed by atoms with Crippen molar-refractivity contribution in [1.29, 1.82) is 0 Å². The molecule has 0 spiro atoms. The van der Waals surface area contributed by atoms with Gasteiger partial charge in [0.25, 0.3) is 5.91 Å². The van der Waals surface area contributed by atoms with Gasteiger partial charge in [-0.15, -0.1) is 0 Å². The van der Waals surface area contributed by atoms with Gasteiger partial charge in [0.1, 0.15) is 11.6 Å². The molecule has 1 unspecified atom stereocenters. The first kappa shape index (κ1) is 17.3. The Balaban J connectivity index is 1.73. The summed E-state index contributed by atoms with van der Waals surface area (Å²) in [4.78, 5) is 21.2. The van der Waals surface area contributed by atoms with Crippen molar-refractivity contribution in [2.24, 2.45) is 0 Å². The van der Waals surface area contributed by atoms with Crippen molar-refractivity contribution in [3.63, 3.8) is 0 Å². The Kier molecular flexibility index (Phi) is 5.22. The SMILES string of the molecule is CC1CCCCN1c1cc(C(=O)N(C)Cc2ccc(O)cc2)ccn1. The van der Waals surface area contributed by atoms with Crippen molar-refractivity contribution < 1.29 is 9.90 Å². The topological polar surface area (TPSA) is 56.7 Å². The van der Waals surface area contributed by atoms with Gasteiger partial charge in [-0.05, 0) is 56.0 Å². The Hall–Kier alpha value is -2.56. The van der Waals surface area contributed by atoms with E-state index in [9.17, 15) is 9.90 Å². The molecule has 1 atom stereocenters. The number of piperidine rings is 1. The number of carbonyl (C=O) groups excluding carboxylic acids is 1. The second-order valence-electron chi connectivity index (χ2n) is 6.77. The number of hydrogen-bond donors (Lipinski definition) is 1. The van der Waals surface area contributed by atoms with E-state index in [1.165, 1.54) is 19.3 Å². The van der Waals surface area contributed by atoms with Crippen molar-refractivity contribution in [1.82, 2.24) is 9.88 Å². The van der Waals surface area contributed by atoms with E-state index in [2.05, 4.69) is 16.8 Å². The Bertz CT molecular complexity index is 730. The maximum absolute atomic E-state index is 12.8. The molecule has 1 aromatic heterocycles. The third kappa shape index (κ3) is 4.10. The highest BCUT2D eigenvalue weighted by Crippen LogP contribution is 2.24. The molecule has 1 aromatic carbocycles. The first-order valence-electron chi connectivity index (χ1n) is 8.80. The lowest BCUT2D eigenvalue weighted by atomic mass is 10.0. The summed E-state index contributed by atoms with van der Waals surface area (Å²) >= 11 is 0. The number of aromatic hydroxyl groups is 1. The molecule has 1 amide bonds. The fraction of sp³-hybridized carbons (Fsp3) is 0.400. The van der Waals surface area contributed by atoms with Gasteiger partial charge in [-0.3, -0.25) is 4.79 Å². The fourth-order valence-electron chi connectivity index (χ4n) is 3.31. The van der Waals surface area contributed by atoms with E-state index >= 15 is 0 Å². The van der Waals surface area contributed by atoms with Gasteiger partial charge in [0.15, 0.2) is 0 Å². The van der Waals surface area contributed by atoms with Gasteiger partial charge in [0, 0.05) is 37.9 Å².